The summed E-state index contributed by atoms with van der Waals surface area (Å²) in [6.45, 7) is 10.3. The van der Waals surface area contributed by atoms with E-state index in [1.807, 2.05) is 6.07 Å². The Morgan fingerprint density at radius 1 is 1.22 bits per heavy atom. The fourth-order valence-electron chi connectivity index (χ4n) is 3.32. The number of carbonyl (C=O) groups excluding carboxylic acids is 3. The Kier molecular flexibility index (Phi) is 6.51. The lowest BCUT2D eigenvalue weighted by molar-refractivity contribution is -0.124. The van der Waals surface area contributed by atoms with Crippen molar-refractivity contribution in [1.82, 2.24) is 16.2 Å². The zero-order valence-electron chi connectivity index (χ0n) is 16.6. The van der Waals surface area contributed by atoms with Gasteiger partial charge in [-0.1, -0.05) is 34.6 Å². The average molecular weight is 395 g/mol. The predicted molar refractivity (Wildman–Crippen MR) is 106 cm³/mol. The third-order valence-electron chi connectivity index (χ3n) is 5.08. The van der Waals surface area contributed by atoms with Gasteiger partial charge in [0.15, 0.2) is 0 Å². The average Bonchev–Trinajstić information content (AvgIpc) is 2.99. The van der Waals surface area contributed by atoms with E-state index in [-0.39, 0.29) is 17.2 Å². The van der Waals surface area contributed by atoms with E-state index in [4.69, 9.17) is 5.73 Å². The summed E-state index contributed by atoms with van der Waals surface area (Å²) in [7, 11) is 0. The van der Waals surface area contributed by atoms with Crippen molar-refractivity contribution in [2.45, 2.75) is 59.9 Å². The SMILES string of the molecule is CC(C)[C@@H](NC(N)=O)C(=O)NNC(=O)c1cc2c(s1)CC[C@H](C(C)(C)C)C2. The highest BCUT2D eigenvalue weighted by molar-refractivity contribution is 7.14. The number of nitrogens with one attached hydrogen (secondary N) is 3. The Labute approximate surface area is 164 Å². The first-order valence-electron chi connectivity index (χ1n) is 9.26. The first-order chi connectivity index (χ1) is 12.5. The molecule has 0 fully saturated rings. The van der Waals surface area contributed by atoms with E-state index < -0.39 is 18.0 Å². The van der Waals surface area contributed by atoms with Crippen LogP contribution in [-0.2, 0) is 17.6 Å². The van der Waals surface area contributed by atoms with E-state index in [0.29, 0.717) is 10.8 Å². The highest BCUT2D eigenvalue weighted by Crippen LogP contribution is 2.40. The maximum absolute atomic E-state index is 12.4. The number of thiophene rings is 1. The van der Waals surface area contributed by atoms with Crippen LogP contribution in [0.3, 0.4) is 0 Å². The van der Waals surface area contributed by atoms with Crippen molar-refractivity contribution in [2.24, 2.45) is 23.0 Å². The topological polar surface area (TPSA) is 113 Å². The molecular weight excluding hydrogens is 364 g/mol. The quantitative estimate of drug-likeness (QED) is 0.588. The molecule has 1 aromatic rings. The summed E-state index contributed by atoms with van der Waals surface area (Å²) < 4.78 is 0. The lowest BCUT2D eigenvalue weighted by Crippen LogP contribution is -2.55. The van der Waals surface area contributed by atoms with Gasteiger partial charge in [-0.3, -0.25) is 20.4 Å². The molecule has 2 atom stereocenters. The van der Waals surface area contributed by atoms with E-state index in [2.05, 4.69) is 36.9 Å². The Morgan fingerprint density at radius 3 is 2.44 bits per heavy atom. The summed E-state index contributed by atoms with van der Waals surface area (Å²) in [5, 5.41) is 2.38. The van der Waals surface area contributed by atoms with E-state index >= 15 is 0 Å². The molecule has 0 radical (unpaired) electrons. The molecule has 1 heterocycles. The van der Waals surface area contributed by atoms with E-state index in [1.165, 1.54) is 21.8 Å². The molecule has 0 spiro atoms. The number of amides is 4. The normalized spacial score (nSPS) is 17.8. The lowest BCUT2D eigenvalue weighted by atomic mass is 9.72. The van der Waals surface area contributed by atoms with Crippen LogP contribution in [0, 0.1) is 17.3 Å². The van der Waals surface area contributed by atoms with Crippen LogP contribution in [0.1, 0.15) is 61.2 Å². The second-order valence-corrected chi connectivity index (χ2v) is 9.68. The van der Waals surface area contributed by atoms with Crippen molar-refractivity contribution in [3.8, 4) is 0 Å². The number of nitrogens with two attached hydrogens (primary N) is 1. The van der Waals surface area contributed by atoms with Gasteiger partial charge in [-0.25, -0.2) is 4.79 Å². The van der Waals surface area contributed by atoms with Crippen molar-refractivity contribution < 1.29 is 14.4 Å². The summed E-state index contributed by atoms with van der Waals surface area (Å²) >= 11 is 1.48. The number of hydrogen-bond acceptors (Lipinski definition) is 4. The first kappa shape index (κ1) is 21.2. The van der Waals surface area contributed by atoms with Gasteiger partial charge in [0.2, 0.25) is 0 Å². The second-order valence-electron chi connectivity index (χ2n) is 8.54. The molecule has 0 saturated carbocycles. The molecule has 0 saturated heterocycles. The molecule has 0 aliphatic heterocycles. The van der Waals surface area contributed by atoms with Gasteiger partial charge in [-0.05, 0) is 48.1 Å². The van der Waals surface area contributed by atoms with Crippen LogP contribution in [0.25, 0.3) is 0 Å². The smallest absolute Gasteiger partial charge is 0.312 e. The highest BCUT2D eigenvalue weighted by atomic mass is 32.1. The number of aryl methyl sites for hydroxylation is 1. The van der Waals surface area contributed by atoms with Crippen molar-refractivity contribution >= 4 is 29.2 Å². The van der Waals surface area contributed by atoms with Crippen molar-refractivity contribution in [2.75, 3.05) is 0 Å². The maximum Gasteiger partial charge on any atom is 0.312 e. The van der Waals surface area contributed by atoms with Crippen LogP contribution in [-0.4, -0.2) is 23.9 Å². The first-order valence-corrected chi connectivity index (χ1v) is 10.1. The van der Waals surface area contributed by atoms with Gasteiger partial charge in [-0.15, -0.1) is 11.3 Å². The van der Waals surface area contributed by atoms with Crippen molar-refractivity contribution in [3.63, 3.8) is 0 Å². The van der Waals surface area contributed by atoms with Crippen LogP contribution >= 0.6 is 11.3 Å². The number of fused-ring (bicyclic) bond motifs is 1. The molecule has 0 bridgehead atoms. The molecule has 7 nitrogen and oxygen atoms in total. The Bertz CT molecular complexity index is 721. The van der Waals surface area contributed by atoms with E-state index in [0.717, 1.165) is 19.3 Å². The molecule has 0 aromatic carbocycles. The summed E-state index contributed by atoms with van der Waals surface area (Å²) in [6, 6.07) is 0.336. The Morgan fingerprint density at radius 2 is 1.89 bits per heavy atom. The fourth-order valence-corrected chi connectivity index (χ4v) is 4.42. The van der Waals surface area contributed by atoms with Crippen LogP contribution in [0.15, 0.2) is 6.07 Å². The van der Waals surface area contributed by atoms with Gasteiger partial charge in [0.25, 0.3) is 11.8 Å². The number of urea groups is 1. The lowest BCUT2D eigenvalue weighted by Gasteiger charge is -2.33. The largest absolute Gasteiger partial charge is 0.352 e. The van der Waals surface area contributed by atoms with Gasteiger partial charge in [0.05, 0.1) is 4.88 Å². The standard InChI is InChI=1S/C19H30N4O3S/c1-10(2)15(21-18(20)26)17(25)23-22-16(24)14-9-11-8-12(19(3,4)5)6-7-13(11)27-14/h9-10,12,15H,6-8H2,1-5H3,(H,22,24)(H,23,25)(H3,20,21,26)/t12-,15+/m0/s1. The van der Waals surface area contributed by atoms with E-state index in [9.17, 15) is 14.4 Å². The zero-order chi connectivity index (χ0) is 20.4. The molecule has 8 heteroatoms. The van der Waals surface area contributed by atoms with Gasteiger partial charge in [0.1, 0.15) is 6.04 Å². The molecule has 0 unspecified atom stereocenters. The zero-order valence-corrected chi connectivity index (χ0v) is 17.5. The Hall–Kier alpha value is -2.09. The number of primary amides is 1. The number of hydrogen-bond donors (Lipinski definition) is 4. The Balaban J connectivity index is 1.98. The molecular formula is C19H30N4O3S. The van der Waals surface area contributed by atoms with Gasteiger partial charge in [0, 0.05) is 4.88 Å². The number of rotatable bonds is 4. The van der Waals surface area contributed by atoms with Crippen LogP contribution in [0.4, 0.5) is 4.79 Å². The summed E-state index contributed by atoms with van der Waals surface area (Å²) in [6.07, 6.45) is 3.09. The molecule has 1 aliphatic rings. The number of hydrazine groups is 1. The van der Waals surface area contributed by atoms with Gasteiger partial charge < -0.3 is 11.1 Å². The van der Waals surface area contributed by atoms with Gasteiger partial charge >= 0.3 is 6.03 Å². The minimum atomic E-state index is -0.813. The molecule has 1 aromatic heterocycles. The number of carbonyl (C=O) groups is 3. The van der Waals surface area contributed by atoms with Crippen molar-refractivity contribution in [1.29, 1.82) is 0 Å². The van der Waals surface area contributed by atoms with Crippen LogP contribution in [0.2, 0.25) is 0 Å². The summed E-state index contributed by atoms with van der Waals surface area (Å²) in [5.74, 6) is -0.428. The molecule has 2 rings (SSSR count). The highest BCUT2D eigenvalue weighted by Gasteiger charge is 2.30. The maximum atomic E-state index is 12.4. The molecule has 1 aliphatic carbocycles. The monoisotopic (exact) mass is 394 g/mol. The third-order valence-corrected chi connectivity index (χ3v) is 6.31. The predicted octanol–water partition coefficient (Wildman–Crippen LogP) is 2.35. The van der Waals surface area contributed by atoms with E-state index in [1.54, 1.807) is 13.8 Å². The minimum Gasteiger partial charge on any atom is -0.352 e. The minimum absolute atomic E-state index is 0.169. The van der Waals surface area contributed by atoms with Gasteiger partial charge in [-0.2, -0.15) is 0 Å². The fraction of sp³-hybridized carbons (Fsp3) is 0.632. The molecule has 150 valence electrons. The molecule has 5 N–H and O–H groups in total. The molecule has 27 heavy (non-hydrogen) atoms. The summed E-state index contributed by atoms with van der Waals surface area (Å²) in [5.41, 5.74) is 11.4. The second kappa shape index (κ2) is 8.29. The van der Waals surface area contributed by atoms with Crippen LogP contribution in [0.5, 0.6) is 0 Å². The molecule has 4 amide bonds. The summed E-state index contributed by atoms with van der Waals surface area (Å²) in [4.78, 5) is 37.5. The van der Waals surface area contributed by atoms with Crippen LogP contribution < -0.4 is 21.9 Å². The van der Waals surface area contributed by atoms with Crippen molar-refractivity contribution in [3.05, 3.63) is 21.4 Å². The third kappa shape index (κ3) is 5.45.